The van der Waals surface area contributed by atoms with Crippen molar-refractivity contribution in [3.8, 4) is 0 Å². The van der Waals surface area contributed by atoms with Crippen molar-refractivity contribution in [1.29, 1.82) is 0 Å². The van der Waals surface area contributed by atoms with E-state index in [4.69, 9.17) is 0 Å². The predicted octanol–water partition coefficient (Wildman–Crippen LogP) is 3.57. The lowest BCUT2D eigenvalue weighted by Crippen LogP contribution is -2.57. The van der Waals surface area contributed by atoms with Crippen LogP contribution in [-0.4, -0.2) is 24.3 Å². The molecule has 2 aromatic carbocycles. The zero-order chi connectivity index (χ0) is 19.3. The molecule has 0 aliphatic heterocycles. The molecule has 0 aliphatic rings. The normalized spacial score (nSPS) is 12.2. The van der Waals surface area contributed by atoms with Gasteiger partial charge in [-0.25, -0.2) is 9.18 Å². The molecule has 9 heteroatoms. The lowest BCUT2D eigenvalue weighted by molar-refractivity contribution is -0.157. The fourth-order valence-corrected chi connectivity index (χ4v) is 1.97. The summed E-state index contributed by atoms with van der Waals surface area (Å²) in [5.74, 6) is -1.83. The molecule has 1 atom stereocenters. The molecule has 0 bridgehead atoms. The highest BCUT2D eigenvalue weighted by atomic mass is 19.4. The van der Waals surface area contributed by atoms with Crippen LogP contribution in [0.2, 0.25) is 0 Å². The van der Waals surface area contributed by atoms with Crippen LogP contribution in [0.4, 0.5) is 28.0 Å². The quantitative estimate of drug-likeness (QED) is 0.570. The van der Waals surface area contributed by atoms with Gasteiger partial charge in [0, 0.05) is 5.56 Å². The van der Waals surface area contributed by atoms with E-state index in [0.717, 1.165) is 11.6 Å². The van der Waals surface area contributed by atoms with Gasteiger partial charge in [0.25, 0.3) is 5.91 Å². The molecule has 0 heterocycles. The second-order valence-corrected chi connectivity index (χ2v) is 5.39. The average Bonchev–Trinajstić information content (AvgIpc) is 2.56. The second-order valence-electron chi connectivity index (χ2n) is 5.39. The Kier molecular flexibility index (Phi) is 5.81. The van der Waals surface area contributed by atoms with Crippen LogP contribution in [0, 0.1) is 12.7 Å². The number of carbonyl (C=O) groups is 2. The first-order valence-corrected chi connectivity index (χ1v) is 7.43. The Bertz CT molecular complexity index is 791. The molecule has 0 unspecified atom stereocenters. The smallest absolute Gasteiger partial charge is 0.324 e. The summed E-state index contributed by atoms with van der Waals surface area (Å²) >= 11 is 0. The van der Waals surface area contributed by atoms with Crippen LogP contribution in [0.3, 0.4) is 0 Å². The zero-order valence-electron chi connectivity index (χ0n) is 13.5. The van der Waals surface area contributed by atoms with Crippen LogP contribution < -0.4 is 16.0 Å². The number of para-hydroxylation sites is 1. The third-order valence-electron chi connectivity index (χ3n) is 3.31. The van der Waals surface area contributed by atoms with Gasteiger partial charge in [-0.2, -0.15) is 13.2 Å². The Morgan fingerprint density at radius 1 is 0.962 bits per heavy atom. The van der Waals surface area contributed by atoms with Gasteiger partial charge < -0.3 is 16.0 Å². The van der Waals surface area contributed by atoms with E-state index in [1.807, 2.05) is 5.32 Å². The number of aryl methyl sites for hydroxylation is 1. The Balaban J connectivity index is 2.07. The molecule has 0 saturated heterocycles. The van der Waals surface area contributed by atoms with Crippen molar-refractivity contribution in [2.45, 2.75) is 19.3 Å². The minimum atomic E-state index is -4.95. The molecule has 138 valence electrons. The minimum absolute atomic E-state index is 0.00108. The first kappa shape index (κ1) is 19.2. The van der Waals surface area contributed by atoms with Gasteiger partial charge >= 0.3 is 12.2 Å². The van der Waals surface area contributed by atoms with E-state index < -0.39 is 30.1 Å². The summed E-state index contributed by atoms with van der Waals surface area (Å²) in [4.78, 5) is 23.7. The number of hydrogen-bond acceptors (Lipinski definition) is 2. The second kappa shape index (κ2) is 7.85. The third-order valence-corrected chi connectivity index (χ3v) is 3.31. The first-order chi connectivity index (χ1) is 12.2. The Labute approximate surface area is 146 Å². The monoisotopic (exact) mass is 369 g/mol. The summed E-state index contributed by atoms with van der Waals surface area (Å²) in [5.41, 5.74) is 0.535. The molecule has 26 heavy (non-hydrogen) atoms. The SMILES string of the molecule is Cc1ccc(C(=O)N[C@@H](NC(=O)Nc2ccccc2F)C(F)(F)F)cc1. The van der Waals surface area contributed by atoms with E-state index in [1.165, 1.54) is 30.3 Å². The molecule has 0 radical (unpaired) electrons. The Morgan fingerprint density at radius 2 is 1.58 bits per heavy atom. The maximum atomic E-state index is 13.5. The third kappa shape index (κ3) is 5.20. The fourth-order valence-electron chi connectivity index (χ4n) is 1.97. The molecule has 0 aliphatic carbocycles. The highest BCUT2D eigenvalue weighted by Gasteiger charge is 2.42. The van der Waals surface area contributed by atoms with Gasteiger partial charge in [-0.3, -0.25) is 4.79 Å². The van der Waals surface area contributed by atoms with Gasteiger partial charge in [-0.05, 0) is 31.2 Å². The summed E-state index contributed by atoms with van der Waals surface area (Å²) in [7, 11) is 0. The van der Waals surface area contributed by atoms with E-state index in [9.17, 15) is 27.2 Å². The molecule has 2 rings (SSSR count). The molecular weight excluding hydrogens is 354 g/mol. The fraction of sp³-hybridized carbons (Fsp3) is 0.176. The molecule has 5 nitrogen and oxygen atoms in total. The van der Waals surface area contributed by atoms with Crippen LogP contribution in [0.15, 0.2) is 48.5 Å². The van der Waals surface area contributed by atoms with Crippen molar-refractivity contribution in [2.24, 2.45) is 0 Å². The highest BCUT2D eigenvalue weighted by Crippen LogP contribution is 2.19. The maximum Gasteiger partial charge on any atom is 0.427 e. The standard InChI is InChI=1S/C17H15F4N3O2/c1-10-6-8-11(9-7-10)14(25)23-15(17(19,20)21)24-16(26)22-13-5-3-2-4-12(13)18/h2-9,15H,1H3,(H,23,25)(H2,22,24,26)/t15-/m0/s1. The lowest BCUT2D eigenvalue weighted by Gasteiger charge is -2.23. The van der Waals surface area contributed by atoms with Gasteiger partial charge in [0.15, 0.2) is 0 Å². The molecular formula is C17H15F4N3O2. The predicted molar refractivity (Wildman–Crippen MR) is 87.0 cm³/mol. The van der Waals surface area contributed by atoms with E-state index in [0.29, 0.717) is 0 Å². The largest absolute Gasteiger partial charge is 0.427 e. The van der Waals surface area contributed by atoms with Crippen LogP contribution in [-0.2, 0) is 0 Å². The number of halogens is 4. The summed E-state index contributed by atoms with van der Waals surface area (Å²) in [6.07, 6.45) is -7.60. The number of rotatable bonds is 4. The molecule has 0 fully saturated rings. The van der Waals surface area contributed by atoms with E-state index in [-0.39, 0.29) is 11.3 Å². The number of benzene rings is 2. The van der Waals surface area contributed by atoms with E-state index >= 15 is 0 Å². The molecule has 2 aromatic rings. The summed E-state index contributed by atoms with van der Waals surface area (Å²) < 4.78 is 52.8. The van der Waals surface area contributed by atoms with Crippen LogP contribution in [0.1, 0.15) is 15.9 Å². The first-order valence-electron chi connectivity index (χ1n) is 7.43. The number of alkyl halides is 3. The molecule has 3 N–H and O–H groups in total. The summed E-state index contributed by atoms with van der Waals surface area (Å²) in [5, 5.41) is 5.22. The molecule has 0 aromatic heterocycles. The van der Waals surface area contributed by atoms with E-state index in [2.05, 4.69) is 0 Å². The number of hydrogen-bond donors (Lipinski definition) is 3. The molecule has 3 amide bonds. The van der Waals surface area contributed by atoms with Gasteiger partial charge in [0.2, 0.25) is 6.17 Å². The van der Waals surface area contributed by atoms with Crippen molar-refractivity contribution < 1.29 is 27.2 Å². The van der Waals surface area contributed by atoms with Gasteiger partial charge in [-0.15, -0.1) is 0 Å². The van der Waals surface area contributed by atoms with Crippen molar-refractivity contribution in [1.82, 2.24) is 10.6 Å². The van der Waals surface area contributed by atoms with Gasteiger partial charge in [0.05, 0.1) is 5.69 Å². The average molecular weight is 369 g/mol. The number of urea groups is 1. The van der Waals surface area contributed by atoms with Crippen LogP contribution in [0.5, 0.6) is 0 Å². The topological polar surface area (TPSA) is 70.2 Å². The van der Waals surface area contributed by atoms with E-state index in [1.54, 1.807) is 29.7 Å². The molecule has 0 spiro atoms. The van der Waals surface area contributed by atoms with Gasteiger partial charge in [0.1, 0.15) is 5.82 Å². The van der Waals surface area contributed by atoms with Crippen LogP contribution >= 0.6 is 0 Å². The zero-order valence-corrected chi connectivity index (χ0v) is 13.5. The number of carbonyl (C=O) groups excluding carboxylic acids is 2. The Morgan fingerprint density at radius 3 is 2.15 bits per heavy atom. The number of nitrogens with one attached hydrogen (secondary N) is 3. The lowest BCUT2D eigenvalue weighted by atomic mass is 10.1. The summed E-state index contributed by atoms with van der Waals surface area (Å²) in [6.45, 7) is 1.76. The van der Waals surface area contributed by atoms with Crippen molar-refractivity contribution >= 4 is 17.6 Å². The highest BCUT2D eigenvalue weighted by molar-refractivity contribution is 5.95. The van der Waals surface area contributed by atoms with Crippen molar-refractivity contribution in [3.63, 3.8) is 0 Å². The maximum absolute atomic E-state index is 13.5. The van der Waals surface area contributed by atoms with Crippen LogP contribution in [0.25, 0.3) is 0 Å². The number of amides is 3. The van der Waals surface area contributed by atoms with Gasteiger partial charge in [-0.1, -0.05) is 29.8 Å². The van der Waals surface area contributed by atoms with Crippen molar-refractivity contribution in [2.75, 3.05) is 5.32 Å². The minimum Gasteiger partial charge on any atom is -0.324 e. The number of anilines is 1. The Hall–Kier alpha value is -3.10. The van der Waals surface area contributed by atoms with Crippen molar-refractivity contribution in [3.05, 3.63) is 65.5 Å². The molecule has 0 saturated carbocycles. The summed E-state index contributed by atoms with van der Waals surface area (Å²) in [6, 6.07) is 9.51.